The summed E-state index contributed by atoms with van der Waals surface area (Å²) in [6, 6.07) is 9.00. The second kappa shape index (κ2) is 3.98. The molecule has 0 aliphatic carbocycles. The van der Waals surface area contributed by atoms with E-state index in [9.17, 15) is 0 Å². The molecule has 0 unspecified atom stereocenters. The van der Waals surface area contributed by atoms with Crippen LogP contribution in [0.1, 0.15) is 12.8 Å². The van der Waals surface area contributed by atoms with Crippen molar-refractivity contribution in [1.82, 2.24) is 0 Å². The molecule has 1 heterocycles. The maximum absolute atomic E-state index is 3.47. The van der Waals surface area contributed by atoms with Crippen LogP contribution in [0.2, 0.25) is 10.4 Å². The van der Waals surface area contributed by atoms with Gasteiger partial charge in [0.25, 0.3) is 0 Å². The first kappa shape index (κ1) is 8.84. The molecular weight excluding hydrogens is 275 g/mol. The maximum atomic E-state index is 3.47. The van der Waals surface area contributed by atoms with Gasteiger partial charge in [0.2, 0.25) is 0 Å². The zero-order chi connectivity index (χ0) is 8.39. The van der Waals surface area contributed by atoms with Crippen molar-refractivity contribution in [3.8, 4) is 0 Å². The minimum absolute atomic E-state index is 0.547. The molecule has 0 aromatic heterocycles. The van der Waals surface area contributed by atoms with Crippen LogP contribution in [0.4, 0.5) is 0 Å². The average Bonchev–Trinajstić information content (AvgIpc) is 2.58. The third kappa shape index (κ3) is 1.95. The van der Waals surface area contributed by atoms with Crippen molar-refractivity contribution in [3.63, 3.8) is 0 Å². The van der Waals surface area contributed by atoms with Crippen LogP contribution in [0.25, 0.3) is 0 Å². The fourth-order valence-corrected chi connectivity index (χ4v) is 7.18. The Hall–Kier alpha value is 0.258. The van der Waals surface area contributed by atoms with Gasteiger partial charge in [-0.25, -0.2) is 0 Å². The Morgan fingerprint density at radius 1 is 1.00 bits per heavy atom. The van der Waals surface area contributed by atoms with Crippen molar-refractivity contribution >= 4 is 34.9 Å². The Labute approximate surface area is 86.8 Å². The molecule has 0 amide bonds. The molecule has 0 bridgehead atoms. The second-order valence-corrected chi connectivity index (χ2v) is 9.31. The number of benzene rings is 1. The summed E-state index contributed by atoms with van der Waals surface area (Å²) in [5.74, 6) is 0. The molecule has 0 spiro atoms. The van der Waals surface area contributed by atoms with E-state index in [1.165, 1.54) is 27.7 Å². The second-order valence-electron chi connectivity index (χ2n) is 3.17. The molecule has 0 atom stereocenters. The quantitative estimate of drug-likeness (QED) is 0.697. The normalized spacial score (nSPS) is 18.4. The third-order valence-corrected chi connectivity index (χ3v) is 8.58. The van der Waals surface area contributed by atoms with Crippen LogP contribution in [-0.2, 0) is 0 Å². The molecule has 2 heteroatoms. The fraction of sp³-hybridized carbons (Fsp3) is 0.400. The van der Waals surface area contributed by atoms with E-state index in [4.69, 9.17) is 0 Å². The van der Waals surface area contributed by atoms with Gasteiger partial charge in [0.15, 0.2) is 0 Å². The molecule has 1 fully saturated rings. The van der Waals surface area contributed by atoms with Gasteiger partial charge in [-0.3, -0.25) is 0 Å². The Morgan fingerprint density at radius 3 is 2.17 bits per heavy atom. The summed E-state index contributed by atoms with van der Waals surface area (Å²) in [5.41, 5.74) is 0. The van der Waals surface area contributed by atoms with Gasteiger partial charge < -0.3 is 0 Å². The van der Waals surface area contributed by atoms with Crippen LogP contribution in [0.3, 0.4) is 0 Å². The van der Waals surface area contributed by atoms with Gasteiger partial charge in [0.1, 0.15) is 0 Å². The Morgan fingerprint density at radius 2 is 1.58 bits per heavy atom. The molecule has 0 radical (unpaired) electrons. The summed E-state index contributed by atoms with van der Waals surface area (Å²) in [4.78, 5) is 0. The SMILES string of the molecule is Brc1ccc([As]2CCCC2)cc1. The van der Waals surface area contributed by atoms with Gasteiger partial charge in [-0.15, -0.1) is 0 Å². The molecule has 1 aromatic carbocycles. The first-order valence-electron chi connectivity index (χ1n) is 4.37. The summed E-state index contributed by atoms with van der Waals surface area (Å²) in [6.07, 6.45) is 2.96. The predicted molar refractivity (Wildman–Crippen MR) is 58.4 cm³/mol. The van der Waals surface area contributed by atoms with Crippen molar-refractivity contribution < 1.29 is 0 Å². The van der Waals surface area contributed by atoms with E-state index in [1.807, 2.05) is 0 Å². The summed E-state index contributed by atoms with van der Waals surface area (Å²) in [5, 5.41) is 3.07. The van der Waals surface area contributed by atoms with E-state index < -0.39 is 14.7 Å². The van der Waals surface area contributed by atoms with Gasteiger partial charge >= 0.3 is 86.9 Å². The molecule has 1 aliphatic heterocycles. The van der Waals surface area contributed by atoms with Crippen LogP contribution in [-0.4, -0.2) is 14.7 Å². The summed E-state index contributed by atoms with van der Waals surface area (Å²) in [7, 11) is 0. The monoisotopic (exact) mass is 286 g/mol. The van der Waals surface area contributed by atoms with Crippen molar-refractivity contribution in [1.29, 1.82) is 0 Å². The number of hydrogen-bond donors (Lipinski definition) is 0. The first-order valence-corrected chi connectivity index (χ1v) is 8.75. The average molecular weight is 287 g/mol. The van der Waals surface area contributed by atoms with E-state index in [-0.39, 0.29) is 0 Å². The number of rotatable bonds is 1. The van der Waals surface area contributed by atoms with Gasteiger partial charge in [-0.2, -0.15) is 0 Å². The van der Waals surface area contributed by atoms with Crippen LogP contribution in [0.15, 0.2) is 28.7 Å². The molecule has 0 nitrogen and oxygen atoms in total. The van der Waals surface area contributed by atoms with Crippen LogP contribution in [0, 0.1) is 0 Å². The van der Waals surface area contributed by atoms with E-state index >= 15 is 0 Å². The predicted octanol–water partition coefficient (Wildman–Crippen LogP) is 2.94. The van der Waals surface area contributed by atoms with Gasteiger partial charge in [-0.05, 0) is 0 Å². The number of hydrogen-bond acceptors (Lipinski definition) is 0. The fourth-order valence-electron chi connectivity index (χ4n) is 1.63. The molecule has 0 saturated carbocycles. The number of halogens is 1. The van der Waals surface area contributed by atoms with Crippen LogP contribution < -0.4 is 4.35 Å². The van der Waals surface area contributed by atoms with Crippen molar-refractivity contribution in [2.45, 2.75) is 23.3 Å². The Bertz CT molecular complexity index is 249. The summed E-state index contributed by atoms with van der Waals surface area (Å²) < 4.78 is 2.88. The molecule has 1 saturated heterocycles. The summed E-state index contributed by atoms with van der Waals surface area (Å²) in [6.45, 7) is 0. The molecular formula is C10H12AsBr. The molecule has 1 aliphatic rings. The molecule has 1 aromatic rings. The van der Waals surface area contributed by atoms with Crippen molar-refractivity contribution in [2.75, 3.05) is 0 Å². The molecule has 2 rings (SSSR count). The van der Waals surface area contributed by atoms with E-state index in [0.29, 0.717) is 0 Å². The van der Waals surface area contributed by atoms with Gasteiger partial charge in [-0.1, -0.05) is 0 Å². The van der Waals surface area contributed by atoms with Crippen LogP contribution in [0.5, 0.6) is 0 Å². The van der Waals surface area contributed by atoms with Gasteiger partial charge in [0, 0.05) is 0 Å². The van der Waals surface area contributed by atoms with Crippen molar-refractivity contribution in [3.05, 3.63) is 28.7 Å². The zero-order valence-corrected chi connectivity index (χ0v) is 10.4. The standard InChI is InChI=1S/C10H12AsBr/c12-10-5-3-9(4-6-10)11-7-1-2-8-11/h3-6H,1-2,7-8H2. The molecule has 0 N–H and O–H groups in total. The van der Waals surface area contributed by atoms with Crippen molar-refractivity contribution in [2.24, 2.45) is 0 Å². The third-order valence-electron chi connectivity index (χ3n) is 2.30. The van der Waals surface area contributed by atoms with E-state index in [1.54, 1.807) is 4.35 Å². The minimum atomic E-state index is -0.547. The first-order chi connectivity index (χ1) is 5.86. The van der Waals surface area contributed by atoms with Gasteiger partial charge in [0.05, 0.1) is 0 Å². The molecule has 12 heavy (non-hydrogen) atoms. The van der Waals surface area contributed by atoms with Crippen LogP contribution >= 0.6 is 15.9 Å². The topological polar surface area (TPSA) is 0 Å². The van der Waals surface area contributed by atoms with E-state index in [0.717, 1.165) is 0 Å². The Kier molecular flexibility index (Phi) is 2.93. The summed E-state index contributed by atoms with van der Waals surface area (Å²) >= 11 is 2.92. The molecule has 64 valence electrons. The van der Waals surface area contributed by atoms with E-state index in [2.05, 4.69) is 40.2 Å². The Balaban J connectivity index is 2.17. The zero-order valence-electron chi connectivity index (χ0n) is 6.96.